The molecule has 23 heavy (non-hydrogen) atoms. The van der Waals surface area contributed by atoms with E-state index in [0.29, 0.717) is 12.5 Å². The largest absolute Gasteiger partial charge is 0.379 e. The first kappa shape index (κ1) is 22.9. The van der Waals surface area contributed by atoms with E-state index >= 15 is 0 Å². The molecule has 0 aromatic heterocycles. The highest BCUT2D eigenvalue weighted by atomic mass is 127. The van der Waals surface area contributed by atoms with E-state index in [-0.39, 0.29) is 29.5 Å². The Kier molecular flexibility index (Phi) is 12.3. The number of nitrogens with zero attached hydrogens (tertiary/aromatic N) is 2. The van der Waals surface area contributed by atoms with Crippen LogP contribution in [0.4, 0.5) is 0 Å². The van der Waals surface area contributed by atoms with Crippen molar-refractivity contribution in [1.29, 1.82) is 0 Å². The van der Waals surface area contributed by atoms with E-state index in [2.05, 4.69) is 48.2 Å². The van der Waals surface area contributed by atoms with Crippen LogP contribution in [0, 0.1) is 5.92 Å². The Morgan fingerprint density at radius 3 is 2.39 bits per heavy atom. The minimum absolute atomic E-state index is 0. The highest BCUT2D eigenvalue weighted by Gasteiger charge is 2.27. The summed E-state index contributed by atoms with van der Waals surface area (Å²) in [5.41, 5.74) is 0.159. The number of hydrogen-bond acceptors (Lipinski definition) is 3. The van der Waals surface area contributed by atoms with Gasteiger partial charge in [-0.15, -0.1) is 24.0 Å². The zero-order valence-corrected chi connectivity index (χ0v) is 18.0. The molecular weight excluding hydrogens is 403 g/mol. The average molecular weight is 440 g/mol. The fraction of sp³-hybridized carbons (Fsp3) is 0.941. The van der Waals surface area contributed by atoms with Crippen molar-refractivity contribution in [2.45, 2.75) is 52.5 Å². The van der Waals surface area contributed by atoms with Gasteiger partial charge in [-0.2, -0.15) is 0 Å². The van der Waals surface area contributed by atoms with Gasteiger partial charge in [0.1, 0.15) is 0 Å². The maximum Gasteiger partial charge on any atom is 0.191 e. The molecule has 1 aliphatic rings. The monoisotopic (exact) mass is 440 g/mol. The highest BCUT2D eigenvalue weighted by Crippen LogP contribution is 2.19. The molecule has 2 N–H and O–H groups in total. The molecular formula is C17H37IN4O. The third-order valence-corrected chi connectivity index (χ3v) is 4.11. The van der Waals surface area contributed by atoms with E-state index in [9.17, 15) is 0 Å². The fourth-order valence-corrected chi connectivity index (χ4v) is 2.69. The molecule has 0 atom stereocenters. The topological polar surface area (TPSA) is 48.9 Å². The predicted molar refractivity (Wildman–Crippen MR) is 110 cm³/mol. The first-order valence-corrected chi connectivity index (χ1v) is 8.73. The van der Waals surface area contributed by atoms with Gasteiger partial charge in [-0.05, 0) is 45.7 Å². The van der Waals surface area contributed by atoms with Gasteiger partial charge in [0.15, 0.2) is 5.96 Å². The molecule has 0 unspecified atom stereocenters. The van der Waals surface area contributed by atoms with Crippen molar-refractivity contribution in [3.05, 3.63) is 0 Å². The molecule has 6 heteroatoms. The first-order chi connectivity index (χ1) is 10.5. The molecule has 1 heterocycles. The van der Waals surface area contributed by atoms with Crippen LogP contribution in [0.5, 0.6) is 0 Å². The molecule has 0 saturated carbocycles. The number of piperidine rings is 1. The van der Waals surface area contributed by atoms with E-state index in [0.717, 1.165) is 25.7 Å². The van der Waals surface area contributed by atoms with Crippen molar-refractivity contribution in [3.63, 3.8) is 0 Å². The summed E-state index contributed by atoms with van der Waals surface area (Å²) in [6.45, 7) is 14.6. The summed E-state index contributed by atoms with van der Waals surface area (Å²) in [7, 11) is 1.82. The normalized spacial score (nSPS) is 17.0. The molecule has 1 aliphatic heterocycles. The number of likely N-dealkylation sites (tertiary alicyclic amines) is 1. The van der Waals surface area contributed by atoms with Crippen LogP contribution in [0.25, 0.3) is 0 Å². The quantitative estimate of drug-likeness (QED) is 0.264. The second-order valence-electron chi connectivity index (χ2n) is 7.18. The molecule has 1 fully saturated rings. The molecule has 5 nitrogen and oxygen atoms in total. The van der Waals surface area contributed by atoms with Gasteiger partial charge in [-0.3, -0.25) is 9.89 Å². The molecule has 1 rings (SSSR count). The van der Waals surface area contributed by atoms with Gasteiger partial charge in [0.25, 0.3) is 0 Å². The first-order valence-electron chi connectivity index (χ1n) is 8.73. The second kappa shape index (κ2) is 12.3. The summed E-state index contributed by atoms with van der Waals surface area (Å²) < 4.78 is 5.58. The molecule has 0 bridgehead atoms. The van der Waals surface area contributed by atoms with Gasteiger partial charge in [0, 0.05) is 32.3 Å². The molecule has 0 aromatic carbocycles. The smallest absolute Gasteiger partial charge is 0.191 e. The van der Waals surface area contributed by atoms with Crippen LogP contribution in [0.1, 0.15) is 47.0 Å². The van der Waals surface area contributed by atoms with Crippen LogP contribution >= 0.6 is 24.0 Å². The minimum atomic E-state index is 0. The summed E-state index contributed by atoms with van der Waals surface area (Å²) in [4.78, 5) is 6.88. The summed E-state index contributed by atoms with van der Waals surface area (Å²) in [6, 6.07) is 0. The fourth-order valence-electron chi connectivity index (χ4n) is 2.69. The summed E-state index contributed by atoms with van der Waals surface area (Å²) >= 11 is 0. The van der Waals surface area contributed by atoms with E-state index in [1.807, 2.05) is 7.05 Å². The summed E-state index contributed by atoms with van der Waals surface area (Å²) in [5, 5.41) is 6.76. The molecule has 0 amide bonds. The van der Waals surface area contributed by atoms with Gasteiger partial charge in [-0.25, -0.2) is 0 Å². The Morgan fingerprint density at radius 1 is 1.17 bits per heavy atom. The van der Waals surface area contributed by atoms with Crippen LogP contribution in [0.2, 0.25) is 0 Å². The Morgan fingerprint density at radius 2 is 1.83 bits per heavy atom. The number of halogens is 1. The second-order valence-corrected chi connectivity index (χ2v) is 7.18. The standard InChI is InChI=1S/C17H36N4O.HI/c1-15(2)13-22-12-9-19-16(18-5)20-14-17(3,4)21-10-7-6-8-11-21;/h15H,6-14H2,1-5H3,(H2,18,19,20);1H. The summed E-state index contributed by atoms with van der Waals surface area (Å²) in [6.07, 6.45) is 4.02. The lowest BCUT2D eigenvalue weighted by molar-refractivity contribution is 0.0979. The van der Waals surface area contributed by atoms with Gasteiger partial charge < -0.3 is 15.4 Å². The lowest BCUT2D eigenvalue weighted by atomic mass is 9.98. The van der Waals surface area contributed by atoms with Crippen LogP contribution in [0.15, 0.2) is 4.99 Å². The molecule has 0 spiro atoms. The minimum Gasteiger partial charge on any atom is -0.379 e. The Labute approximate surface area is 160 Å². The Bertz CT molecular complexity index is 329. The number of ether oxygens (including phenoxy) is 1. The van der Waals surface area contributed by atoms with E-state index in [4.69, 9.17) is 4.74 Å². The van der Waals surface area contributed by atoms with Crippen LogP contribution in [-0.4, -0.2) is 62.8 Å². The Balaban J connectivity index is 0.00000484. The molecule has 1 saturated heterocycles. The zero-order chi connectivity index (χ0) is 16.4. The van der Waals surface area contributed by atoms with Gasteiger partial charge in [0.2, 0.25) is 0 Å². The number of aliphatic imine (C=N–C) groups is 1. The molecule has 0 radical (unpaired) electrons. The number of guanidine groups is 1. The SMILES string of the molecule is CN=C(NCCOCC(C)C)NCC(C)(C)N1CCCCC1.I. The lowest BCUT2D eigenvalue weighted by Gasteiger charge is -2.41. The van der Waals surface area contributed by atoms with Gasteiger partial charge in [-0.1, -0.05) is 20.3 Å². The van der Waals surface area contributed by atoms with Crippen molar-refractivity contribution in [2.75, 3.05) is 46.4 Å². The van der Waals surface area contributed by atoms with Crippen molar-refractivity contribution >= 4 is 29.9 Å². The van der Waals surface area contributed by atoms with Crippen LogP contribution in [-0.2, 0) is 4.74 Å². The number of hydrogen-bond donors (Lipinski definition) is 2. The molecule has 0 aromatic rings. The predicted octanol–water partition coefficient (Wildman–Crippen LogP) is 2.71. The van der Waals surface area contributed by atoms with Crippen molar-refractivity contribution in [2.24, 2.45) is 10.9 Å². The zero-order valence-electron chi connectivity index (χ0n) is 15.7. The van der Waals surface area contributed by atoms with E-state index in [1.165, 1.54) is 32.4 Å². The number of nitrogens with one attached hydrogen (secondary N) is 2. The van der Waals surface area contributed by atoms with E-state index < -0.39 is 0 Å². The van der Waals surface area contributed by atoms with Crippen molar-refractivity contribution in [1.82, 2.24) is 15.5 Å². The summed E-state index contributed by atoms with van der Waals surface area (Å²) in [5.74, 6) is 1.45. The van der Waals surface area contributed by atoms with Crippen molar-refractivity contribution < 1.29 is 4.74 Å². The van der Waals surface area contributed by atoms with Gasteiger partial charge in [0.05, 0.1) is 6.61 Å². The molecule has 0 aliphatic carbocycles. The number of rotatable bonds is 8. The van der Waals surface area contributed by atoms with E-state index in [1.54, 1.807) is 0 Å². The van der Waals surface area contributed by atoms with Crippen LogP contribution < -0.4 is 10.6 Å². The molecule has 138 valence electrons. The van der Waals surface area contributed by atoms with Crippen LogP contribution in [0.3, 0.4) is 0 Å². The maximum absolute atomic E-state index is 5.58. The average Bonchev–Trinajstić information content (AvgIpc) is 2.50. The third kappa shape index (κ3) is 9.72. The highest BCUT2D eigenvalue weighted by molar-refractivity contribution is 14.0. The third-order valence-electron chi connectivity index (χ3n) is 4.11. The maximum atomic E-state index is 5.58. The Hall–Kier alpha value is -0.0800. The lowest BCUT2D eigenvalue weighted by Crippen LogP contribution is -2.55. The van der Waals surface area contributed by atoms with Gasteiger partial charge >= 0.3 is 0 Å². The van der Waals surface area contributed by atoms with Crippen molar-refractivity contribution in [3.8, 4) is 0 Å².